The molecule has 0 spiro atoms. The molecule has 1 fully saturated rings. The van der Waals surface area contributed by atoms with Crippen LogP contribution >= 0.6 is 0 Å². The van der Waals surface area contributed by atoms with Crippen LogP contribution in [0.2, 0.25) is 0 Å². The van der Waals surface area contributed by atoms with Gasteiger partial charge in [-0.1, -0.05) is 19.8 Å². The highest BCUT2D eigenvalue weighted by molar-refractivity contribution is 5.84. The molecule has 1 unspecified atom stereocenters. The Hall–Kier alpha value is -1.06. The summed E-state index contributed by atoms with van der Waals surface area (Å²) in [5.74, 6) is -1.85. The highest BCUT2D eigenvalue weighted by Crippen LogP contribution is 2.45. The molecule has 1 atom stereocenters. The van der Waals surface area contributed by atoms with Crippen molar-refractivity contribution in [2.45, 2.75) is 59.0 Å². The van der Waals surface area contributed by atoms with Crippen LogP contribution in [0.1, 0.15) is 53.4 Å². The van der Waals surface area contributed by atoms with E-state index in [9.17, 15) is 14.7 Å². The molecule has 0 saturated heterocycles. The predicted octanol–water partition coefficient (Wildman–Crippen LogP) is 2.61. The maximum absolute atomic E-state index is 12.0. The summed E-state index contributed by atoms with van der Waals surface area (Å²) in [7, 11) is 0. The second kappa shape index (κ2) is 4.67. The van der Waals surface area contributed by atoms with Crippen LogP contribution in [0.5, 0.6) is 0 Å². The van der Waals surface area contributed by atoms with Gasteiger partial charge in [0.1, 0.15) is 5.60 Å². The molecule has 17 heavy (non-hydrogen) atoms. The van der Waals surface area contributed by atoms with E-state index in [2.05, 4.69) is 0 Å². The van der Waals surface area contributed by atoms with E-state index >= 15 is 0 Å². The number of hydrogen-bond acceptors (Lipinski definition) is 3. The van der Waals surface area contributed by atoms with E-state index in [4.69, 9.17) is 4.74 Å². The van der Waals surface area contributed by atoms with Crippen LogP contribution in [0.4, 0.5) is 0 Å². The first-order valence-corrected chi connectivity index (χ1v) is 6.15. The number of carboxylic acids is 1. The minimum Gasteiger partial charge on any atom is -0.481 e. The van der Waals surface area contributed by atoms with Crippen LogP contribution in [0.3, 0.4) is 0 Å². The summed E-state index contributed by atoms with van der Waals surface area (Å²) < 4.78 is 5.28. The van der Waals surface area contributed by atoms with Gasteiger partial charge < -0.3 is 9.84 Å². The Morgan fingerprint density at radius 3 is 2.06 bits per heavy atom. The van der Waals surface area contributed by atoms with Crippen molar-refractivity contribution < 1.29 is 19.4 Å². The summed E-state index contributed by atoms with van der Waals surface area (Å²) in [6, 6.07) is 0. The molecule has 4 heteroatoms. The van der Waals surface area contributed by atoms with Gasteiger partial charge in [0, 0.05) is 0 Å². The maximum atomic E-state index is 12.0. The van der Waals surface area contributed by atoms with Gasteiger partial charge in [0.05, 0.1) is 11.3 Å². The minimum absolute atomic E-state index is 0.401. The number of carbonyl (C=O) groups excluding carboxylic acids is 1. The number of ether oxygens (including phenoxy) is 1. The van der Waals surface area contributed by atoms with Crippen molar-refractivity contribution in [3.05, 3.63) is 0 Å². The lowest BCUT2D eigenvalue weighted by atomic mass is 9.74. The molecule has 1 saturated carbocycles. The summed E-state index contributed by atoms with van der Waals surface area (Å²) in [6.45, 7) is 7.05. The third-order valence-corrected chi connectivity index (χ3v) is 3.51. The molecule has 98 valence electrons. The van der Waals surface area contributed by atoms with E-state index < -0.39 is 28.9 Å². The van der Waals surface area contributed by atoms with E-state index in [-0.39, 0.29) is 0 Å². The highest BCUT2D eigenvalue weighted by Gasteiger charge is 2.49. The van der Waals surface area contributed by atoms with E-state index in [1.54, 1.807) is 27.7 Å². The SMILES string of the molecule is CC(C(=O)OC(C)(C)C)C1(C(=O)O)CCCC1. The standard InChI is InChI=1S/C13H22O4/c1-9(10(14)17-12(2,3)4)13(11(15)16)7-5-6-8-13/h9H,5-8H2,1-4H3,(H,15,16). The fraction of sp³-hybridized carbons (Fsp3) is 0.846. The Kier molecular flexibility index (Phi) is 3.84. The monoisotopic (exact) mass is 242 g/mol. The Bertz CT molecular complexity index is 308. The number of rotatable bonds is 3. The number of esters is 1. The van der Waals surface area contributed by atoms with Crippen molar-refractivity contribution in [2.24, 2.45) is 11.3 Å². The first-order valence-electron chi connectivity index (χ1n) is 6.15. The first-order chi connectivity index (χ1) is 7.69. The molecule has 0 aliphatic heterocycles. The Morgan fingerprint density at radius 2 is 1.71 bits per heavy atom. The summed E-state index contributed by atoms with van der Waals surface area (Å²) in [5, 5.41) is 9.37. The van der Waals surface area contributed by atoms with E-state index in [0.717, 1.165) is 12.8 Å². The van der Waals surface area contributed by atoms with Crippen LogP contribution in [-0.2, 0) is 14.3 Å². The summed E-state index contributed by atoms with van der Waals surface area (Å²) in [4.78, 5) is 23.4. The Labute approximate surface area is 102 Å². The second-order valence-electron chi connectivity index (χ2n) is 5.92. The van der Waals surface area contributed by atoms with Gasteiger partial charge in [-0.2, -0.15) is 0 Å². The molecule has 0 aromatic rings. The molecule has 1 aliphatic rings. The second-order valence-corrected chi connectivity index (χ2v) is 5.92. The van der Waals surface area contributed by atoms with Crippen molar-refractivity contribution in [3.63, 3.8) is 0 Å². The van der Waals surface area contributed by atoms with Gasteiger partial charge in [-0.05, 0) is 33.6 Å². The van der Waals surface area contributed by atoms with E-state index in [1.165, 1.54) is 0 Å². The maximum Gasteiger partial charge on any atom is 0.310 e. The lowest BCUT2D eigenvalue weighted by Gasteiger charge is -2.31. The molecule has 1 aliphatic carbocycles. The third-order valence-electron chi connectivity index (χ3n) is 3.51. The lowest BCUT2D eigenvalue weighted by Crippen LogP contribution is -2.41. The zero-order valence-corrected chi connectivity index (χ0v) is 11.1. The minimum atomic E-state index is -0.914. The fourth-order valence-corrected chi connectivity index (χ4v) is 2.45. The molecule has 0 radical (unpaired) electrons. The van der Waals surface area contributed by atoms with Gasteiger partial charge in [0.25, 0.3) is 0 Å². The Morgan fingerprint density at radius 1 is 1.24 bits per heavy atom. The van der Waals surface area contributed by atoms with Crippen molar-refractivity contribution in [1.29, 1.82) is 0 Å². The van der Waals surface area contributed by atoms with Gasteiger partial charge >= 0.3 is 11.9 Å². The van der Waals surface area contributed by atoms with Gasteiger partial charge in [0.15, 0.2) is 0 Å². The Balaban J connectivity index is 2.83. The van der Waals surface area contributed by atoms with E-state index in [0.29, 0.717) is 12.8 Å². The number of aliphatic carboxylic acids is 1. The third kappa shape index (κ3) is 2.99. The van der Waals surface area contributed by atoms with Crippen molar-refractivity contribution in [1.82, 2.24) is 0 Å². The molecule has 1 rings (SSSR count). The van der Waals surface area contributed by atoms with Gasteiger partial charge in [-0.3, -0.25) is 9.59 Å². The average Bonchev–Trinajstić information content (AvgIpc) is 2.63. The lowest BCUT2D eigenvalue weighted by molar-refractivity contribution is -0.172. The molecule has 0 bridgehead atoms. The highest BCUT2D eigenvalue weighted by atomic mass is 16.6. The molecule has 4 nitrogen and oxygen atoms in total. The molecule has 0 amide bonds. The summed E-state index contributed by atoms with van der Waals surface area (Å²) in [5.41, 5.74) is -1.48. The van der Waals surface area contributed by atoms with Crippen LogP contribution in [0.15, 0.2) is 0 Å². The quantitative estimate of drug-likeness (QED) is 0.773. The van der Waals surface area contributed by atoms with Crippen LogP contribution < -0.4 is 0 Å². The molecule has 1 N–H and O–H groups in total. The fourth-order valence-electron chi connectivity index (χ4n) is 2.45. The van der Waals surface area contributed by atoms with E-state index in [1.807, 2.05) is 0 Å². The summed E-state index contributed by atoms with van der Waals surface area (Å²) >= 11 is 0. The zero-order valence-electron chi connectivity index (χ0n) is 11.1. The molecule has 0 aromatic heterocycles. The van der Waals surface area contributed by atoms with Crippen molar-refractivity contribution >= 4 is 11.9 Å². The topological polar surface area (TPSA) is 63.6 Å². The summed E-state index contributed by atoms with van der Waals surface area (Å²) in [6.07, 6.45) is 2.89. The van der Waals surface area contributed by atoms with Crippen LogP contribution in [0.25, 0.3) is 0 Å². The van der Waals surface area contributed by atoms with Crippen molar-refractivity contribution in [3.8, 4) is 0 Å². The molecule has 0 heterocycles. The van der Waals surface area contributed by atoms with Gasteiger partial charge in [-0.15, -0.1) is 0 Å². The average molecular weight is 242 g/mol. The largest absolute Gasteiger partial charge is 0.481 e. The van der Waals surface area contributed by atoms with Gasteiger partial charge in [0.2, 0.25) is 0 Å². The molecular formula is C13H22O4. The van der Waals surface area contributed by atoms with Gasteiger partial charge in [-0.25, -0.2) is 0 Å². The number of carbonyl (C=O) groups is 2. The zero-order chi connectivity index (χ0) is 13.3. The normalized spacial score (nSPS) is 20.9. The van der Waals surface area contributed by atoms with Crippen LogP contribution in [-0.4, -0.2) is 22.6 Å². The van der Waals surface area contributed by atoms with Crippen LogP contribution in [0, 0.1) is 11.3 Å². The predicted molar refractivity (Wildman–Crippen MR) is 63.5 cm³/mol. The molecule has 0 aromatic carbocycles. The first kappa shape index (κ1) is 14.0. The number of hydrogen-bond donors (Lipinski definition) is 1. The van der Waals surface area contributed by atoms with Crippen molar-refractivity contribution in [2.75, 3.05) is 0 Å². The number of carboxylic acid groups (broad SMARTS) is 1. The molecular weight excluding hydrogens is 220 g/mol. The smallest absolute Gasteiger partial charge is 0.310 e.